The van der Waals surface area contributed by atoms with Crippen LogP contribution in [0, 0.1) is 0 Å². The molecule has 0 aliphatic carbocycles. The number of carbonyl (C=O) groups is 2. The minimum absolute atomic E-state index is 0.0584. The number of hydrogen-bond donors (Lipinski definition) is 3. The van der Waals surface area contributed by atoms with Crippen molar-refractivity contribution in [1.82, 2.24) is 15.6 Å². The Labute approximate surface area is 208 Å². The molecule has 1 aromatic heterocycles. The fraction of sp³-hybridized carbons (Fsp3) is 0.458. The van der Waals surface area contributed by atoms with Gasteiger partial charge in [0.05, 0.1) is 23.8 Å². The molecule has 4 N–H and O–H groups in total. The van der Waals surface area contributed by atoms with Crippen molar-refractivity contribution in [2.24, 2.45) is 5.73 Å². The fourth-order valence-electron chi connectivity index (χ4n) is 3.93. The summed E-state index contributed by atoms with van der Waals surface area (Å²) in [7, 11) is 0. The van der Waals surface area contributed by atoms with Gasteiger partial charge in [-0.2, -0.15) is 26.3 Å². The molecule has 3 rings (SSSR count). The number of hydrogen-bond acceptors (Lipinski definition) is 5. The Morgan fingerprint density at radius 1 is 1.11 bits per heavy atom. The zero-order valence-corrected chi connectivity index (χ0v) is 20.0. The zero-order valence-electron chi connectivity index (χ0n) is 20.0. The molecule has 7 nitrogen and oxygen atoms in total. The van der Waals surface area contributed by atoms with Crippen LogP contribution in [0.4, 0.5) is 26.3 Å². The number of halogens is 6. The van der Waals surface area contributed by atoms with Gasteiger partial charge in [0.25, 0.3) is 5.91 Å². The Bertz CT molecular complexity index is 1100. The van der Waals surface area contributed by atoms with Crippen LogP contribution in [-0.4, -0.2) is 41.0 Å². The second-order valence-corrected chi connectivity index (χ2v) is 9.32. The molecule has 2 aromatic rings. The van der Waals surface area contributed by atoms with E-state index in [0.29, 0.717) is 12.1 Å². The number of nitrogens with two attached hydrogens (primary N) is 1. The van der Waals surface area contributed by atoms with E-state index >= 15 is 0 Å². The van der Waals surface area contributed by atoms with Gasteiger partial charge in [-0.3, -0.25) is 14.6 Å². The fourth-order valence-corrected chi connectivity index (χ4v) is 3.93. The molecule has 2 amide bonds. The standard InChI is InChI=1S/C24H26F6N4O3/c1-14(15-9-16(23(25,26)27)11-17(10-15)24(28,29)30)37-13-21(2)6-7-22(12-33-21,20(31)36)34-19(35)18-5-3-4-8-32-18/h3-5,8-11,14,33H,6-7,12-13H2,1-2H3,(H2,31,36)(H,34,35)/t14-,21-,22+/m1/s1. The lowest BCUT2D eigenvalue weighted by Gasteiger charge is -2.44. The van der Waals surface area contributed by atoms with E-state index in [2.05, 4.69) is 15.6 Å². The Morgan fingerprint density at radius 3 is 2.19 bits per heavy atom. The van der Waals surface area contributed by atoms with Crippen molar-refractivity contribution in [2.75, 3.05) is 13.2 Å². The smallest absolute Gasteiger partial charge is 0.372 e. The molecule has 0 bridgehead atoms. The van der Waals surface area contributed by atoms with Gasteiger partial charge in [-0.05, 0) is 62.6 Å². The topological polar surface area (TPSA) is 106 Å². The highest BCUT2D eigenvalue weighted by molar-refractivity contribution is 5.97. The van der Waals surface area contributed by atoms with Crippen molar-refractivity contribution in [2.45, 2.75) is 56.2 Å². The number of nitrogens with zero attached hydrogens (tertiary/aromatic N) is 1. The zero-order chi connectivity index (χ0) is 27.6. The van der Waals surface area contributed by atoms with Crippen LogP contribution in [0.5, 0.6) is 0 Å². The summed E-state index contributed by atoms with van der Waals surface area (Å²) in [6.45, 7) is 2.90. The summed E-state index contributed by atoms with van der Waals surface area (Å²) >= 11 is 0. The molecule has 37 heavy (non-hydrogen) atoms. The Hall–Kier alpha value is -3.19. The van der Waals surface area contributed by atoms with Crippen molar-refractivity contribution in [1.29, 1.82) is 0 Å². The number of piperidine rings is 1. The number of aromatic nitrogens is 1. The van der Waals surface area contributed by atoms with Crippen LogP contribution < -0.4 is 16.4 Å². The van der Waals surface area contributed by atoms with E-state index in [4.69, 9.17) is 10.5 Å². The molecule has 1 fully saturated rings. The van der Waals surface area contributed by atoms with Crippen molar-refractivity contribution in [3.05, 3.63) is 65.0 Å². The second kappa shape index (κ2) is 10.3. The number of nitrogens with one attached hydrogen (secondary N) is 2. The number of rotatable bonds is 7. The summed E-state index contributed by atoms with van der Waals surface area (Å²) in [6.07, 6.45) is -9.25. The number of pyridine rings is 1. The quantitative estimate of drug-likeness (QED) is 0.468. The molecule has 0 saturated carbocycles. The number of amides is 2. The van der Waals surface area contributed by atoms with Gasteiger partial charge in [0.1, 0.15) is 11.2 Å². The van der Waals surface area contributed by atoms with Crippen LogP contribution in [0.1, 0.15) is 60.0 Å². The average Bonchev–Trinajstić information content (AvgIpc) is 2.83. The van der Waals surface area contributed by atoms with E-state index < -0.39 is 52.5 Å². The monoisotopic (exact) mass is 532 g/mol. The lowest BCUT2D eigenvalue weighted by molar-refractivity contribution is -0.143. The average molecular weight is 532 g/mol. The van der Waals surface area contributed by atoms with Gasteiger partial charge in [0.15, 0.2) is 0 Å². The summed E-state index contributed by atoms with van der Waals surface area (Å²) in [6, 6.07) is 6.01. The molecule has 3 atom stereocenters. The molecule has 1 aliphatic rings. The highest BCUT2D eigenvalue weighted by atomic mass is 19.4. The van der Waals surface area contributed by atoms with E-state index in [1.165, 1.54) is 19.2 Å². The molecule has 202 valence electrons. The van der Waals surface area contributed by atoms with Crippen LogP contribution in [0.2, 0.25) is 0 Å². The normalized spacial score (nSPS) is 23.4. The van der Waals surface area contributed by atoms with Gasteiger partial charge in [-0.25, -0.2) is 0 Å². The van der Waals surface area contributed by atoms with Gasteiger partial charge >= 0.3 is 12.4 Å². The molecule has 0 radical (unpaired) electrons. The highest BCUT2D eigenvalue weighted by Gasteiger charge is 2.46. The molecule has 1 saturated heterocycles. The summed E-state index contributed by atoms with van der Waals surface area (Å²) in [5, 5.41) is 5.71. The van der Waals surface area contributed by atoms with Gasteiger partial charge in [0.2, 0.25) is 5.91 Å². The predicted molar refractivity (Wildman–Crippen MR) is 120 cm³/mol. The summed E-state index contributed by atoms with van der Waals surface area (Å²) in [5.41, 5.74) is 0.305. The molecule has 0 unspecified atom stereocenters. The molecule has 1 aliphatic heterocycles. The van der Waals surface area contributed by atoms with E-state index in [1.807, 2.05) is 0 Å². The van der Waals surface area contributed by atoms with Crippen molar-refractivity contribution in [3.63, 3.8) is 0 Å². The van der Waals surface area contributed by atoms with Crippen LogP contribution in [-0.2, 0) is 21.9 Å². The van der Waals surface area contributed by atoms with Crippen LogP contribution >= 0.6 is 0 Å². The number of benzene rings is 1. The van der Waals surface area contributed by atoms with Crippen molar-refractivity contribution in [3.8, 4) is 0 Å². The molecule has 13 heteroatoms. The molecular formula is C24H26F6N4O3. The summed E-state index contributed by atoms with van der Waals surface area (Å²) in [4.78, 5) is 28.8. The first-order valence-electron chi connectivity index (χ1n) is 11.2. The Kier molecular flexibility index (Phi) is 7.89. The van der Waals surface area contributed by atoms with Gasteiger partial charge in [-0.1, -0.05) is 6.07 Å². The minimum atomic E-state index is -4.97. The van der Waals surface area contributed by atoms with Crippen LogP contribution in [0.15, 0.2) is 42.6 Å². The van der Waals surface area contributed by atoms with Gasteiger partial charge < -0.3 is 21.1 Å². The first kappa shape index (κ1) is 28.4. The number of primary amides is 1. The van der Waals surface area contributed by atoms with Crippen molar-refractivity contribution >= 4 is 11.8 Å². The molecule has 2 heterocycles. The number of carbonyl (C=O) groups excluding carboxylic acids is 2. The highest BCUT2D eigenvalue weighted by Crippen LogP contribution is 2.38. The Balaban J connectivity index is 1.70. The van der Waals surface area contributed by atoms with Crippen LogP contribution in [0.25, 0.3) is 0 Å². The third-order valence-corrected chi connectivity index (χ3v) is 6.37. The van der Waals surface area contributed by atoms with Gasteiger partial charge in [-0.15, -0.1) is 0 Å². The van der Waals surface area contributed by atoms with Crippen molar-refractivity contribution < 1.29 is 40.7 Å². The first-order valence-corrected chi connectivity index (χ1v) is 11.2. The van der Waals surface area contributed by atoms with E-state index in [0.717, 1.165) is 0 Å². The number of ether oxygens (including phenoxy) is 1. The maximum Gasteiger partial charge on any atom is 0.416 e. The third-order valence-electron chi connectivity index (χ3n) is 6.37. The molecule has 0 spiro atoms. The third kappa shape index (κ3) is 6.77. The lowest BCUT2D eigenvalue weighted by atomic mass is 9.80. The SMILES string of the molecule is C[C@@H](OC[C@@]1(C)CC[C@@](NC(=O)c2ccccn2)(C(N)=O)CN1)c1cc(C(F)(F)F)cc(C(F)(F)F)c1. The lowest BCUT2D eigenvalue weighted by Crippen LogP contribution is -2.69. The van der Waals surface area contributed by atoms with E-state index in [-0.39, 0.29) is 43.3 Å². The van der Waals surface area contributed by atoms with E-state index in [1.54, 1.807) is 19.1 Å². The molecular weight excluding hydrogens is 506 g/mol. The largest absolute Gasteiger partial charge is 0.416 e. The summed E-state index contributed by atoms with van der Waals surface area (Å²) < 4.78 is 84.8. The Morgan fingerprint density at radius 2 is 1.73 bits per heavy atom. The van der Waals surface area contributed by atoms with Crippen LogP contribution in [0.3, 0.4) is 0 Å². The summed E-state index contributed by atoms with van der Waals surface area (Å²) in [5.74, 6) is -1.37. The molecule has 1 aromatic carbocycles. The minimum Gasteiger partial charge on any atom is -0.372 e. The number of alkyl halides is 6. The second-order valence-electron chi connectivity index (χ2n) is 9.32. The van der Waals surface area contributed by atoms with Gasteiger partial charge in [0, 0.05) is 18.3 Å². The first-order chi connectivity index (χ1) is 17.0. The maximum absolute atomic E-state index is 13.2. The maximum atomic E-state index is 13.2. The predicted octanol–water partition coefficient (Wildman–Crippen LogP) is 3.99. The van der Waals surface area contributed by atoms with E-state index in [9.17, 15) is 35.9 Å².